The van der Waals surface area contributed by atoms with E-state index >= 15 is 0 Å². The van der Waals surface area contributed by atoms with Gasteiger partial charge in [-0.2, -0.15) is 8.78 Å². The molecule has 0 aliphatic heterocycles. The lowest BCUT2D eigenvalue weighted by Gasteiger charge is -2.18. The quantitative estimate of drug-likeness (QED) is 0.910. The van der Waals surface area contributed by atoms with Gasteiger partial charge in [0.25, 0.3) is 0 Å². The van der Waals surface area contributed by atoms with Crippen molar-refractivity contribution < 1.29 is 23.4 Å². The van der Waals surface area contributed by atoms with Crippen LogP contribution in [-0.4, -0.2) is 17.7 Å². The Morgan fingerprint density at radius 3 is 2.43 bits per heavy atom. The van der Waals surface area contributed by atoms with Gasteiger partial charge < -0.3 is 9.84 Å². The molecule has 5 heteroatoms. The molecule has 0 amide bonds. The van der Waals surface area contributed by atoms with Gasteiger partial charge in [-0.3, -0.25) is 0 Å². The number of hydrogen-bond acceptors (Lipinski definition) is 2. The molecule has 2 rings (SSSR count). The number of carboxylic acids is 1. The molecule has 0 unspecified atom stereocenters. The van der Waals surface area contributed by atoms with Crippen LogP contribution in [0.15, 0.2) is 48.5 Å². The molecule has 0 atom stereocenters. The maximum atomic E-state index is 14.0. The maximum absolute atomic E-state index is 14.0. The van der Waals surface area contributed by atoms with Crippen molar-refractivity contribution in [1.82, 2.24) is 0 Å². The van der Waals surface area contributed by atoms with E-state index < -0.39 is 18.5 Å². The Hall–Kier alpha value is -2.43. The molecule has 0 spiro atoms. The second-order valence-corrected chi connectivity index (χ2v) is 4.59. The molecule has 2 aromatic carbocycles. The Bertz CT molecular complexity index is 639. The van der Waals surface area contributed by atoms with Crippen LogP contribution in [0.5, 0.6) is 5.75 Å². The zero-order valence-corrected chi connectivity index (χ0v) is 11.3. The van der Waals surface area contributed by atoms with E-state index in [4.69, 9.17) is 9.84 Å². The van der Waals surface area contributed by atoms with Crippen molar-refractivity contribution in [2.75, 3.05) is 6.61 Å². The van der Waals surface area contributed by atoms with Gasteiger partial charge in [-0.05, 0) is 19.1 Å². The zero-order chi connectivity index (χ0) is 15.5. The van der Waals surface area contributed by atoms with Crippen molar-refractivity contribution in [3.8, 4) is 5.75 Å². The minimum absolute atomic E-state index is 0.0375. The highest BCUT2D eigenvalue weighted by Gasteiger charge is 2.32. The summed E-state index contributed by atoms with van der Waals surface area (Å²) in [5, 5.41) is 8.99. The standard InChI is InChI=1S/C16H14F2O3/c1-11-13(15(19)20)8-5-9-14(11)21-10-16(17,18)12-6-3-2-4-7-12/h2-9H,10H2,1H3,(H,19,20). The third-order valence-corrected chi connectivity index (χ3v) is 3.12. The Labute approximate surface area is 120 Å². The summed E-state index contributed by atoms with van der Waals surface area (Å²) in [7, 11) is 0. The van der Waals surface area contributed by atoms with Crippen LogP contribution < -0.4 is 4.74 Å². The molecule has 110 valence electrons. The average molecular weight is 292 g/mol. The first-order valence-electron chi connectivity index (χ1n) is 6.31. The van der Waals surface area contributed by atoms with Gasteiger partial charge in [0.05, 0.1) is 5.56 Å². The average Bonchev–Trinajstić information content (AvgIpc) is 2.47. The van der Waals surface area contributed by atoms with Crippen molar-refractivity contribution in [3.05, 3.63) is 65.2 Å². The van der Waals surface area contributed by atoms with Gasteiger partial charge in [-0.1, -0.05) is 36.4 Å². The minimum atomic E-state index is -3.15. The first-order valence-corrected chi connectivity index (χ1v) is 6.31. The van der Waals surface area contributed by atoms with Crippen LogP contribution >= 0.6 is 0 Å². The van der Waals surface area contributed by atoms with Crippen molar-refractivity contribution in [3.63, 3.8) is 0 Å². The fourth-order valence-corrected chi connectivity index (χ4v) is 1.94. The van der Waals surface area contributed by atoms with Gasteiger partial charge in [0.2, 0.25) is 0 Å². The van der Waals surface area contributed by atoms with E-state index in [0.29, 0.717) is 5.56 Å². The Kier molecular flexibility index (Phi) is 4.21. The van der Waals surface area contributed by atoms with Gasteiger partial charge in [-0.15, -0.1) is 0 Å². The van der Waals surface area contributed by atoms with Crippen molar-refractivity contribution >= 4 is 5.97 Å². The Morgan fingerprint density at radius 2 is 1.81 bits per heavy atom. The molecule has 0 aromatic heterocycles. The fraction of sp³-hybridized carbons (Fsp3) is 0.188. The molecule has 0 heterocycles. The normalized spacial score (nSPS) is 11.2. The highest BCUT2D eigenvalue weighted by molar-refractivity contribution is 5.90. The predicted octanol–water partition coefficient (Wildman–Crippen LogP) is 3.86. The van der Waals surface area contributed by atoms with Crippen molar-refractivity contribution in [2.45, 2.75) is 12.8 Å². The van der Waals surface area contributed by atoms with Crippen LogP contribution in [0.1, 0.15) is 21.5 Å². The molecule has 0 saturated heterocycles. The molecule has 3 nitrogen and oxygen atoms in total. The lowest BCUT2D eigenvalue weighted by molar-refractivity contribution is -0.0468. The van der Waals surface area contributed by atoms with Crippen molar-refractivity contribution in [2.24, 2.45) is 0 Å². The lowest BCUT2D eigenvalue weighted by atomic mass is 10.1. The summed E-state index contributed by atoms with van der Waals surface area (Å²) in [6, 6.07) is 11.7. The summed E-state index contributed by atoms with van der Waals surface area (Å²) >= 11 is 0. The van der Waals surface area contributed by atoms with Gasteiger partial charge >= 0.3 is 11.9 Å². The van der Waals surface area contributed by atoms with Crippen LogP contribution in [0.2, 0.25) is 0 Å². The van der Waals surface area contributed by atoms with Crippen LogP contribution in [0.4, 0.5) is 8.78 Å². The van der Waals surface area contributed by atoms with Gasteiger partial charge in [0.1, 0.15) is 5.75 Å². The first-order chi connectivity index (χ1) is 9.92. The number of alkyl halides is 2. The van der Waals surface area contributed by atoms with Crippen molar-refractivity contribution in [1.29, 1.82) is 0 Å². The minimum Gasteiger partial charge on any atom is -0.487 e. The number of benzene rings is 2. The molecule has 0 aliphatic rings. The lowest BCUT2D eigenvalue weighted by Crippen LogP contribution is -2.23. The number of aromatic carboxylic acids is 1. The molecule has 21 heavy (non-hydrogen) atoms. The van der Waals surface area contributed by atoms with E-state index in [-0.39, 0.29) is 16.9 Å². The molecule has 0 aliphatic carbocycles. The van der Waals surface area contributed by atoms with E-state index in [1.165, 1.54) is 49.4 Å². The highest BCUT2D eigenvalue weighted by Crippen LogP contribution is 2.30. The van der Waals surface area contributed by atoms with E-state index in [1.54, 1.807) is 6.07 Å². The highest BCUT2D eigenvalue weighted by atomic mass is 19.3. The second-order valence-electron chi connectivity index (χ2n) is 4.59. The smallest absolute Gasteiger partial charge is 0.336 e. The van der Waals surface area contributed by atoms with Crippen LogP contribution in [0.3, 0.4) is 0 Å². The second kappa shape index (κ2) is 5.91. The molecule has 0 radical (unpaired) electrons. The van der Waals surface area contributed by atoms with E-state index in [9.17, 15) is 13.6 Å². The topological polar surface area (TPSA) is 46.5 Å². The summed E-state index contributed by atoms with van der Waals surface area (Å²) in [5.74, 6) is -4.12. The summed E-state index contributed by atoms with van der Waals surface area (Å²) in [4.78, 5) is 11.0. The Morgan fingerprint density at radius 1 is 1.14 bits per heavy atom. The fourth-order valence-electron chi connectivity index (χ4n) is 1.94. The molecule has 0 saturated carbocycles. The van der Waals surface area contributed by atoms with E-state index in [2.05, 4.69) is 0 Å². The SMILES string of the molecule is Cc1c(OCC(F)(F)c2ccccc2)cccc1C(=O)O. The molecule has 0 bridgehead atoms. The summed E-state index contributed by atoms with van der Waals surface area (Å²) in [6.45, 7) is 0.681. The number of halogens is 2. The monoisotopic (exact) mass is 292 g/mol. The summed E-state index contributed by atoms with van der Waals surface area (Å²) in [5.41, 5.74) is 0.224. The molecular formula is C16H14F2O3. The third kappa shape index (κ3) is 3.37. The number of rotatable bonds is 5. The van der Waals surface area contributed by atoms with Gasteiger partial charge in [0, 0.05) is 11.1 Å². The number of hydrogen-bond donors (Lipinski definition) is 1. The maximum Gasteiger partial charge on any atom is 0.336 e. The molecule has 0 fully saturated rings. The van der Waals surface area contributed by atoms with Crippen LogP contribution in [-0.2, 0) is 5.92 Å². The van der Waals surface area contributed by atoms with Gasteiger partial charge in [-0.25, -0.2) is 4.79 Å². The third-order valence-electron chi connectivity index (χ3n) is 3.12. The summed E-state index contributed by atoms with van der Waals surface area (Å²) < 4.78 is 33.1. The number of carbonyl (C=O) groups is 1. The Balaban J connectivity index is 2.17. The van der Waals surface area contributed by atoms with E-state index in [1.807, 2.05) is 0 Å². The zero-order valence-electron chi connectivity index (χ0n) is 11.3. The molecular weight excluding hydrogens is 278 g/mol. The molecule has 1 N–H and O–H groups in total. The first kappa shape index (κ1) is 15.0. The molecule has 2 aromatic rings. The largest absolute Gasteiger partial charge is 0.487 e. The van der Waals surface area contributed by atoms with E-state index in [0.717, 1.165) is 0 Å². The number of carboxylic acid groups (broad SMARTS) is 1. The van der Waals surface area contributed by atoms with Gasteiger partial charge in [0.15, 0.2) is 6.61 Å². The predicted molar refractivity (Wildman–Crippen MR) is 74.0 cm³/mol. The van der Waals surface area contributed by atoms with Crippen LogP contribution in [0.25, 0.3) is 0 Å². The summed E-state index contributed by atoms with van der Waals surface area (Å²) in [6.07, 6.45) is 0. The van der Waals surface area contributed by atoms with Crippen LogP contribution in [0, 0.1) is 6.92 Å². The number of ether oxygens (including phenoxy) is 1.